The lowest BCUT2D eigenvalue weighted by atomic mass is 9.81. The molecular formula is C13H22N2O. The molecule has 1 N–H and O–H groups in total. The third kappa shape index (κ3) is 2.66. The summed E-state index contributed by atoms with van der Waals surface area (Å²) in [6.07, 6.45) is 6.49. The zero-order valence-electron chi connectivity index (χ0n) is 10.3. The summed E-state index contributed by atoms with van der Waals surface area (Å²) < 4.78 is 2.09. The topological polar surface area (TPSA) is 28.4 Å². The maximum atomic E-state index is 9.31. The molecule has 0 saturated carbocycles. The summed E-state index contributed by atoms with van der Waals surface area (Å²) in [4.78, 5) is 2.48. The molecule has 1 aliphatic rings. The average molecular weight is 222 g/mol. The van der Waals surface area contributed by atoms with Gasteiger partial charge in [-0.05, 0) is 43.0 Å². The number of likely N-dealkylation sites (tertiary alicyclic amines) is 1. The molecule has 3 nitrogen and oxygen atoms in total. The minimum Gasteiger partial charge on any atom is -0.396 e. The Bertz CT molecular complexity index is 337. The summed E-state index contributed by atoms with van der Waals surface area (Å²) in [5, 5.41) is 9.31. The smallest absolute Gasteiger partial charge is 0.0485 e. The highest BCUT2D eigenvalue weighted by Gasteiger charge is 2.29. The van der Waals surface area contributed by atoms with Crippen molar-refractivity contribution in [2.75, 3.05) is 19.7 Å². The second-order valence-corrected chi connectivity index (χ2v) is 5.43. The lowest BCUT2D eigenvalue weighted by molar-refractivity contribution is 0.0557. The molecule has 90 valence electrons. The Morgan fingerprint density at radius 3 is 2.56 bits per heavy atom. The molecule has 0 aliphatic carbocycles. The van der Waals surface area contributed by atoms with Crippen LogP contribution in [-0.2, 0) is 13.6 Å². The molecular weight excluding hydrogens is 200 g/mol. The molecule has 0 bridgehead atoms. The molecule has 2 rings (SSSR count). The van der Waals surface area contributed by atoms with Crippen molar-refractivity contribution in [2.24, 2.45) is 12.5 Å². The van der Waals surface area contributed by atoms with Crippen molar-refractivity contribution in [3.05, 3.63) is 24.0 Å². The van der Waals surface area contributed by atoms with Crippen LogP contribution in [0.2, 0.25) is 0 Å². The third-order valence-electron chi connectivity index (χ3n) is 3.74. The Labute approximate surface area is 97.7 Å². The molecule has 0 amide bonds. The number of aryl methyl sites for hydroxylation is 1. The summed E-state index contributed by atoms with van der Waals surface area (Å²) in [7, 11) is 2.06. The van der Waals surface area contributed by atoms with Crippen LogP contribution in [0.25, 0.3) is 0 Å². The van der Waals surface area contributed by atoms with Crippen molar-refractivity contribution < 1.29 is 5.11 Å². The SMILES string of the molecule is Cn1ccc(CN2CCC(C)(CO)CC2)c1. The Morgan fingerprint density at radius 1 is 1.38 bits per heavy atom. The number of rotatable bonds is 3. The van der Waals surface area contributed by atoms with E-state index in [0.717, 1.165) is 32.5 Å². The first-order chi connectivity index (χ1) is 7.61. The molecule has 2 heterocycles. The van der Waals surface area contributed by atoms with Crippen LogP contribution in [0, 0.1) is 5.41 Å². The van der Waals surface area contributed by atoms with Gasteiger partial charge in [0.2, 0.25) is 0 Å². The predicted molar refractivity (Wildman–Crippen MR) is 65.1 cm³/mol. The first kappa shape index (κ1) is 11.7. The highest BCUT2D eigenvalue weighted by Crippen LogP contribution is 2.30. The summed E-state index contributed by atoms with van der Waals surface area (Å²) in [6, 6.07) is 2.18. The van der Waals surface area contributed by atoms with E-state index in [4.69, 9.17) is 0 Å². The summed E-state index contributed by atoms with van der Waals surface area (Å²) >= 11 is 0. The Morgan fingerprint density at radius 2 is 2.06 bits per heavy atom. The molecule has 0 unspecified atom stereocenters. The van der Waals surface area contributed by atoms with Crippen molar-refractivity contribution in [1.29, 1.82) is 0 Å². The van der Waals surface area contributed by atoms with Gasteiger partial charge in [-0.25, -0.2) is 0 Å². The average Bonchev–Trinajstić information content (AvgIpc) is 2.68. The molecule has 0 aromatic carbocycles. The zero-order valence-corrected chi connectivity index (χ0v) is 10.3. The van der Waals surface area contributed by atoms with Crippen LogP contribution in [-0.4, -0.2) is 34.3 Å². The van der Waals surface area contributed by atoms with Gasteiger partial charge < -0.3 is 9.67 Å². The van der Waals surface area contributed by atoms with Crippen molar-refractivity contribution in [1.82, 2.24) is 9.47 Å². The van der Waals surface area contributed by atoms with Crippen LogP contribution in [0.15, 0.2) is 18.5 Å². The van der Waals surface area contributed by atoms with Crippen LogP contribution >= 0.6 is 0 Å². The summed E-state index contributed by atoms with van der Waals surface area (Å²) in [5.74, 6) is 0. The van der Waals surface area contributed by atoms with E-state index in [2.05, 4.69) is 41.9 Å². The molecule has 1 saturated heterocycles. The fourth-order valence-electron chi connectivity index (χ4n) is 2.32. The van der Waals surface area contributed by atoms with Gasteiger partial charge in [-0.2, -0.15) is 0 Å². The highest BCUT2D eigenvalue weighted by atomic mass is 16.3. The van der Waals surface area contributed by atoms with E-state index >= 15 is 0 Å². The lowest BCUT2D eigenvalue weighted by Gasteiger charge is -2.38. The Balaban J connectivity index is 1.86. The van der Waals surface area contributed by atoms with E-state index in [9.17, 15) is 5.11 Å². The van der Waals surface area contributed by atoms with E-state index < -0.39 is 0 Å². The molecule has 1 aliphatic heterocycles. The molecule has 1 aromatic rings. The van der Waals surface area contributed by atoms with Gasteiger partial charge in [-0.3, -0.25) is 4.90 Å². The number of nitrogens with zero attached hydrogens (tertiary/aromatic N) is 2. The quantitative estimate of drug-likeness (QED) is 0.842. The molecule has 0 spiro atoms. The van der Waals surface area contributed by atoms with Crippen LogP contribution in [0.1, 0.15) is 25.3 Å². The first-order valence-electron chi connectivity index (χ1n) is 6.05. The van der Waals surface area contributed by atoms with Crippen molar-refractivity contribution in [2.45, 2.75) is 26.3 Å². The second-order valence-electron chi connectivity index (χ2n) is 5.43. The second kappa shape index (κ2) is 4.60. The van der Waals surface area contributed by atoms with Crippen molar-refractivity contribution in [3.63, 3.8) is 0 Å². The lowest BCUT2D eigenvalue weighted by Crippen LogP contribution is -2.39. The molecule has 1 fully saturated rings. The van der Waals surface area contributed by atoms with E-state index in [0.29, 0.717) is 6.61 Å². The van der Waals surface area contributed by atoms with Crippen molar-refractivity contribution in [3.8, 4) is 0 Å². The van der Waals surface area contributed by atoms with Gasteiger partial charge in [0.15, 0.2) is 0 Å². The maximum Gasteiger partial charge on any atom is 0.0485 e. The number of hydrogen-bond donors (Lipinski definition) is 1. The van der Waals surface area contributed by atoms with Gasteiger partial charge in [-0.15, -0.1) is 0 Å². The van der Waals surface area contributed by atoms with Crippen LogP contribution < -0.4 is 0 Å². The van der Waals surface area contributed by atoms with Crippen LogP contribution in [0.5, 0.6) is 0 Å². The largest absolute Gasteiger partial charge is 0.396 e. The van der Waals surface area contributed by atoms with Gasteiger partial charge in [0.1, 0.15) is 0 Å². The molecule has 3 heteroatoms. The summed E-state index contributed by atoms with van der Waals surface area (Å²) in [5.41, 5.74) is 1.54. The standard InChI is InChI=1S/C13H22N2O/c1-13(11-16)4-7-15(8-5-13)10-12-3-6-14(2)9-12/h3,6,9,16H,4-5,7-8,10-11H2,1-2H3. The Kier molecular flexibility index (Phi) is 3.36. The predicted octanol–water partition coefficient (Wildman–Crippen LogP) is 1.62. The van der Waals surface area contributed by atoms with Gasteiger partial charge in [0.25, 0.3) is 0 Å². The zero-order chi connectivity index (χ0) is 11.6. The normalized spacial score (nSPS) is 21.2. The first-order valence-corrected chi connectivity index (χ1v) is 6.05. The van der Waals surface area contributed by atoms with Gasteiger partial charge in [0.05, 0.1) is 0 Å². The van der Waals surface area contributed by atoms with Crippen molar-refractivity contribution >= 4 is 0 Å². The monoisotopic (exact) mass is 222 g/mol. The third-order valence-corrected chi connectivity index (χ3v) is 3.74. The van der Waals surface area contributed by atoms with E-state index in [1.807, 2.05) is 0 Å². The minimum absolute atomic E-state index is 0.160. The maximum absolute atomic E-state index is 9.31. The molecule has 0 atom stereocenters. The minimum atomic E-state index is 0.160. The van der Waals surface area contributed by atoms with Crippen LogP contribution in [0.4, 0.5) is 0 Å². The summed E-state index contributed by atoms with van der Waals surface area (Å²) in [6.45, 7) is 5.76. The highest BCUT2D eigenvalue weighted by molar-refractivity contribution is 5.09. The van der Waals surface area contributed by atoms with Gasteiger partial charge >= 0.3 is 0 Å². The number of aliphatic hydroxyl groups excluding tert-OH is 1. The number of hydrogen-bond acceptors (Lipinski definition) is 2. The Hall–Kier alpha value is -0.800. The molecule has 0 radical (unpaired) electrons. The molecule has 1 aromatic heterocycles. The van der Waals surface area contributed by atoms with E-state index in [-0.39, 0.29) is 5.41 Å². The number of aromatic nitrogens is 1. The van der Waals surface area contributed by atoms with Gasteiger partial charge in [-0.1, -0.05) is 6.92 Å². The van der Waals surface area contributed by atoms with Crippen LogP contribution in [0.3, 0.4) is 0 Å². The molecule has 16 heavy (non-hydrogen) atoms. The fraction of sp³-hybridized carbons (Fsp3) is 0.692. The number of aliphatic hydroxyl groups is 1. The van der Waals surface area contributed by atoms with Gasteiger partial charge in [0, 0.05) is 32.6 Å². The number of piperidine rings is 1. The van der Waals surface area contributed by atoms with E-state index in [1.165, 1.54) is 5.56 Å². The fourth-order valence-corrected chi connectivity index (χ4v) is 2.32. The van der Waals surface area contributed by atoms with E-state index in [1.54, 1.807) is 0 Å².